The van der Waals surface area contributed by atoms with Gasteiger partial charge in [0.15, 0.2) is 6.10 Å². The molecule has 1 N–H and O–H groups in total. The van der Waals surface area contributed by atoms with E-state index >= 15 is 0 Å². The number of rotatable bonds is 3. The lowest BCUT2D eigenvalue weighted by Gasteiger charge is -2.13. The molecule has 0 saturated carbocycles. The molecule has 1 unspecified atom stereocenters. The lowest BCUT2D eigenvalue weighted by Crippen LogP contribution is -2.23. The van der Waals surface area contributed by atoms with Crippen molar-refractivity contribution in [1.82, 2.24) is 4.98 Å². The summed E-state index contributed by atoms with van der Waals surface area (Å²) in [4.78, 5) is 14.9. The minimum Gasteiger partial charge on any atom is -0.479 e. The van der Waals surface area contributed by atoms with Crippen LogP contribution in [0.15, 0.2) is 24.3 Å². The first-order valence-corrected chi connectivity index (χ1v) is 5.44. The number of fused-ring (bicyclic) bond motifs is 1. The normalized spacial score (nSPS) is 12.4. The Morgan fingerprint density at radius 3 is 2.89 bits per heavy atom. The van der Waals surface area contributed by atoms with Crippen molar-refractivity contribution < 1.29 is 19.0 Å². The second-order valence-electron chi connectivity index (χ2n) is 4.00. The third-order valence-corrected chi connectivity index (χ3v) is 2.53. The van der Waals surface area contributed by atoms with Crippen molar-refractivity contribution in [2.24, 2.45) is 0 Å². The van der Waals surface area contributed by atoms with Crippen LogP contribution in [0.1, 0.15) is 12.6 Å². The molecule has 0 radical (unpaired) electrons. The second-order valence-corrected chi connectivity index (χ2v) is 4.00. The summed E-state index contributed by atoms with van der Waals surface area (Å²) in [5.41, 5.74) is 0.755. The van der Waals surface area contributed by atoms with Gasteiger partial charge in [0.05, 0.1) is 0 Å². The van der Waals surface area contributed by atoms with Gasteiger partial charge in [0.25, 0.3) is 0 Å². The van der Waals surface area contributed by atoms with E-state index in [-0.39, 0.29) is 5.52 Å². The summed E-state index contributed by atoms with van der Waals surface area (Å²) in [5, 5.41) is 9.29. The molecule has 1 atom stereocenters. The molecule has 2 aromatic rings. The number of nitrogens with zero attached hydrogens (tertiary/aromatic N) is 1. The number of aliphatic carboxylic acids is 1. The summed E-state index contributed by atoms with van der Waals surface area (Å²) in [6, 6.07) is 6.09. The van der Waals surface area contributed by atoms with Crippen LogP contribution in [0.25, 0.3) is 10.9 Å². The molecule has 5 heteroatoms. The molecule has 0 bridgehead atoms. The van der Waals surface area contributed by atoms with Crippen molar-refractivity contribution in [3.8, 4) is 5.75 Å². The van der Waals surface area contributed by atoms with Gasteiger partial charge in [0.1, 0.15) is 17.1 Å². The Kier molecular flexibility index (Phi) is 3.14. The monoisotopic (exact) mass is 249 g/mol. The minimum absolute atomic E-state index is 0.185. The summed E-state index contributed by atoms with van der Waals surface area (Å²) in [7, 11) is 0. The van der Waals surface area contributed by atoms with Gasteiger partial charge in [-0.15, -0.1) is 0 Å². The van der Waals surface area contributed by atoms with Crippen LogP contribution in [-0.2, 0) is 4.79 Å². The third-order valence-electron chi connectivity index (χ3n) is 2.53. The third kappa shape index (κ3) is 2.25. The topological polar surface area (TPSA) is 59.4 Å². The molecule has 4 nitrogen and oxygen atoms in total. The number of aryl methyl sites for hydroxylation is 1. The van der Waals surface area contributed by atoms with Gasteiger partial charge < -0.3 is 9.84 Å². The predicted molar refractivity (Wildman–Crippen MR) is 64.2 cm³/mol. The molecule has 0 aliphatic heterocycles. The molecule has 0 aliphatic carbocycles. The summed E-state index contributed by atoms with van der Waals surface area (Å²) >= 11 is 0. The van der Waals surface area contributed by atoms with E-state index < -0.39 is 17.9 Å². The van der Waals surface area contributed by atoms with E-state index in [2.05, 4.69) is 4.98 Å². The number of aromatic nitrogens is 1. The van der Waals surface area contributed by atoms with E-state index in [0.717, 1.165) is 0 Å². The number of carboxylic acid groups (broad SMARTS) is 1. The zero-order valence-electron chi connectivity index (χ0n) is 9.98. The maximum atomic E-state index is 13.6. The predicted octanol–water partition coefficient (Wildman–Crippen LogP) is 2.53. The van der Waals surface area contributed by atoms with Crippen LogP contribution in [0.5, 0.6) is 5.75 Å². The van der Waals surface area contributed by atoms with E-state index in [1.165, 1.54) is 19.1 Å². The fraction of sp³-hybridized carbons (Fsp3) is 0.231. The average molecular weight is 249 g/mol. The Labute approximate surface area is 103 Å². The van der Waals surface area contributed by atoms with Crippen LogP contribution in [0, 0.1) is 12.7 Å². The molecule has 0 saturated heterocycles. The van der Waals surface area contributed by atoms with Crippen molar-refractivity contribution in [2.75, 3.05) is 0 Å². The van der Waals surface area contributed by atoms with Crippen LogP contribution >= 0.6 is 0 Å². The van der Waals surface area contributed by atoms with Crippen LogP contribution in [0.2, 0.25) is 0 Å². The van der Waals surface area contributed by atoms with E-state index in [9.17, 15) is 9.18 Å². The number of hydrogen-bond donors (Lipinski definition) is 1. The summed E-state index contributed by atoms with van der Waals surface area (Å²) in [5.74, 6) is -1.20. The lowest BCUT2D eigenvalue weighted by atomic mass is 10.1. The Hall–Kier alpha value is -2.17. The smallest absolute Gasteiger partial charge is 0.344 e. The van der Waals surface area contributed by atoms with Crippen LogP contribution in [0.4, 0.5) is 4.39 Å². The highest BCUT2D eigenvalue weighted by Gasteiger charge is 2.16. The zero-order valence-corrected chi connectivity index (χ0v) is 9.98. The lowest BCUT2D eigenvalue weighted by molar-refractivity contribution is -0.144. The molecular weight excluding hydrogens is 237 g/mol. The van der Waals surface area contributed by atoms with Crippen molar-refractivity contribution in [1.29, 1.82) is 0 Å². The standard InChI is InChI=1S/C13H12FNO3/c1-7-6-11(18-8(2)13(16)17)9-4-3-5-10(14)12(9)15-7/h3-6,8H,1-2H3,(H,16,17). The maximum Gasteiger partial charge on any atom is 0.344 e. The van der Waals surface area contributed by atoms with Gasteiger partial charge in [-0.3, -0.25) is 0 Å². The van der Waals surface area contributed by atoms with E-state index in [1.54, 1.807) is 19.1 Å². The summed E-state index contributed by atoms with van der Waals surface area (Å²) in [6.07, 6.45) is -1.00. The molecule has 2 rings (SSSR count). The van der Waals surface area contributed by atoms with Crippen molar-refractivity contribution >= 4 is 16.9 Å². The highest BCUT2D eigenvalue weighted by atomic mass is 19.1. The number of carbonyl (C=O) groups is 1. The number of pyridine rings is 1. The summed E-state index contributed by atoms with van der Waals surface area (Å²) < 4.78 is 18.9. The van der Waals surface area contributed by atoms with E-state index in [4.69, 9.17) is 9.84 Å². The maximum absolute atomic E-state index is 13.6. The highest BCUT2D eigenvalue weighted by Crippen LogP contribution is 2.27. The van der Waals surface area contributed by atoms with Crippen molar-refractivity contribution in [3.63, 3.8) is 0 Å². The van der Waals surface area contributed by atoms with Gasteiger partial charge in [0.2, 0.25) is 0 Å². The van der Waals surface area contributed by atoms with Gasteiger partial charge >= 0.3 is 5.97 Å². The quantitative estimate of drug-likeness (QED) is 0.908. The summed E-state index contributed by atoms with van der Waals surface area (Å²) in [6.45, 7) is 3.12. The fourth-order valence-corrected chi connectivity index (χ4v) is 1.64. The van der Waals surface area contributed by atoms with Crippen molar-refractivity contribution in [2.45, 2.75) is 20.0 Å². The van der Waals surface area contributed by atoms with Gasteiger partial charge in [-0.2, -0.15) is 0 Å². The van der Waals surface area contributed by atoms with Gasteiger partial charge in [0, 0.05) is 17.1 Å². The minimum atomic E-state index is -1.07. The molecule has 18 heavy (non-hydrogen) atoms. The highest BCUT2D eigenvalue weighted by molar-refractivity contribution is 5.86. The zero-order chi connectivity index (χ0) is 13.3. The first-order chi connectivity index (χ1) is 8.49. The Morgan fingerprint density at radius 1 is 1.50 bits per heavy atom. The fourth-order valence-electron chi connectivity index (χ4n) is 1.64. The van der Waals surface area contributed by atoms with Gasteiger partial charge in [-0.25, -0.2) is 14.2 Å². The number of ether oxygens (including phenoxy) is 1. The van der Waals surface area contributed by atoms with Crippen LogP contribution in [0.3, 0.4) is 0 Å². The Balaban J connectivity index is 2.56. The van der Waals surface area contributed by atoms with Crippen LogP contribution < -0.4 is 4.74 Å². The second kappa shape index (κ2) is 4.60. The molecule has 94 valence electrons. The largest absolute Gasteiger partial charge is 0.479 e. The molecule has 0 aliphatic rings. The Morgan fingerprint density at radius 2 is 2.22 bits per heavy atom. The SMILES string of the molecule is Cc1cc(OC(C)C(=O)O)c2cccc(F)c2n1. The number of para-hydroxylation sites is 1. The molecular formula is C13H12FNO3. The molecule has 0 amide bonds. The molecule has 0 spiro atoms. The molecule has 1 aromatic heterocycles. The molecule has 0 fully saturated rings. The van der Waals surface area contributed by atoms with E-state index in [0.29, 0.717) is 16.8 Å². The molecule has 1 aromatic carbocycles. The van der Waals surface area contributed by atoms with Crippen LogP contribution in [-0.4, -0.2) is 22.2 Å². The van der Waals surface area contributed by atoms with E-state index in [1.807, 2.05) is 0 Å². The number of carboxylic acids is 1. The average Bonchev–Trinajstić information content (AvgIpc) is 2.30. The van der Waals surface area contributed by atoms with Gasteiger partial charge in [-0.05, 0) is 26.0 Å². The van der Waals surface area contributed by atoms with Crippen molar-refractivity contribution in [3.05, 3.63) is 35.8 Å². The number of halogens is 1. The first kappa shape index (κ1) is 12.3. The number of hydrogen-bond acceptors (Lipinski definition) is 3. The first-order valence-electron chi connectivity index (χ1n) is 5.44. The molecule has 1 heterocycles. The number of benzene rings is 1. The van der Waals surface area contributed by atoms with Gasteiger partial charge in [-0.1, -0.05) is 6.07 Å². The Bertz CT molecular complexity index is 612.